The summed E-state index contributed by atoms with van der Waals surface area (Å²) in [6.45, 7) is 0. The van der Waals surface area contributed by atoms with Gasteiger partial charge in [0.2, 0.25) is 0 Å². The minimum absolute atomic E-state index is 0.0240. The molecule has 0 amide bonds. The molecule has 0 bridgehead atoms. The van der Waals surface area contributed by atoms with Gasteiger partial charge in [0.05, 0.1) is 11.0 Å². The summed E-state index contributed by atoms with van der Waals surface area (Å²) in [5.74, 6) is -1.04. The van der Waals surface area contributed by atoms with Crippen molar-refractivity contribution in [2.45, 2.75) is 49.5 Å². The molecule has 0 atom stereocenters. The van der Waals surface area contributed by atoms with Crippen molar-refractivity contribution in [3.8, 4) is 5.75 Å². The number of hydrogen-bond donors (Lipinski definition) is 1. The Hall–Kier alpha value is -1.27. The minimum atomic E-state index is -3.96. The van der Waals surface area contributed by atoms with Crippen molar-refractivity contribution >= 4 is 25.7 Å². The van der Waals surface area contributed by atoms with Crippen molar-refractivity contribution in [2.24, 2.45) is 0 Å². The number of ether oxygens (including phenoxy) is 1. The molecule has 1 saturated carbocycles. The van der Waals surface area contributed by atoms with Crippen LogP contribution in [0.4, 0.5) is 0 Å². The van der Waals surface area contributed by atoms with E-state index in [1.54, 1.807) is 0 Å². The second kappa shape index (κ2) is 6.66. The first-order valence-corrected chi connectivity index (χ1v) is 9.17. The number of hydrogen-bond acceptors (Lipinski definition) is 4. The van der Waals surface area contributed by atoms with E-state index >= 15 is 0 Å². The van der Waals surface area contributed by atoms with Crippen LogP contribution in [0.1, 0.15) is 48.9 Å². The van der Waals surface area contributed by atoms with Crippen molar-refractivity contribution in [3.05, 3.63) is 23.8 Å². The summed E-state index contributed by atoms with van der Waals surface area (Å²) >= 11 is 0. The molecule has 116 valence electrons. The van der Waals surface area contributed by atoms with Gasteiger partial charge in [0, 0.05) is 10.7 Å². The predicted octanol–water partition coefficient (Wildman–Crippen LogP) is 3.41. The molecule has 1 aromatic carbocycles. The van der Waals surface area contributed by atoms with E-state index in [9.17, 15) is 18.3 Å². The minimum Gasteiger partial charge on any atom is -0.490 e. The number of carboxylic acids is 1. The molecule has 1 aromatic rings. The SMILES string of the molecule is O=C(O)c1cc(S(=O)(=O)Cl)ccc1OC1CCCCCC1. The van der Waals surface area contributed by atoms with E-state index in [-0.39, 0.29) is 22.3 Å². The first-order valence-electron chi connectivity index (χ1n) is 6.86. The second-order valence-electron chi connectivity index (χ2n) is 5.13. The molecule has 1 aliphatic carbocycles. The Kier molecular flexibility index (Phi) is 5.11. The highest BCUT2D eigenvalue weighted by molar-refractivity contribution is 8.13. The molecule has 1 aliphatic rings. The highest BCUT2D eigenvalue weighted by Crippen LogP contribution is 2.28. The number of carbonyl (C=O) groups is 1. The molecule has 1 fully saturated rings. The summed E-state index contributed by atoms with van der Waals surface area (Å²) in [6, 6.07) is 3.67. The lowest BCUT2D eigenvalue weighted by Gasteiger charge is -2.18. The smallest absolute Gasteiger partial charge is 0.339 e. The Morgan fingerprint density at radius 1 is 1.19 bits per heavy atom. The van der Waals surface area contributed by atoms with Crippen molar-refractivity contribution in [1.82, 2.24) is 0 Å². The first-order chi connectivity index (χ1) is 9.88. The predicted molar refractivity (Wildman–Crippen MR) is 78.6 cm³/mol. The Balaban J connectivity index is 2.28. The summed E-state index contributed by atoms with van der Waals surface area (Å²) in [5.41, 5.74) is -0.180. The summed E-state index contributed by atoms with van der Waals surface area (Å²) in [4.78, 5) is 11.1. The fourth-order valence-corrected chi connectivity index (χ4v) is 3.25. The Bertz CT molecular complexity index is 618. The maximum Gasteiger partial charge on any atom is 0.339 e. The maximum absolute atomic E-state index is 11.3. The number of benzene rings is 1. The Morgan fingerprint density at radius 2 is 1.81 bits per heavy atom. The van der Waals surface area contributed by atoms with Gasteiger partial charge in [0.1, 0.15) is 11.3 Å². The molecule has 7 heteroatoms. The van der Waals surface area contributed by atoms with E-state index in [4.69, 9.17) is 15.4 Å². The van der Waals surface area contributed by atoms with Gasteiger partial charge in [0.15, 0.2) is 0 Å². The van der Waals surface area contributed by atoms with E-state index < -0.39 is 15.0 Å². The molecular weight excluding hydrogens is 316 g/mol. The lowest BCUT2D eigenvalue weighted by atomic mass is 10.1. The van der Waals surface area contributed by atoms with Gasteiger partial charge < -0.3 is 9.84 Å². The molecule has 1 N–H and O–H groups in total. The molecular formula is C14H17ClO5S. The van der Waals surface area contributed by atoms with Crippen molar-refractivity contribution in [2.75, 3.05) is 0 Å². The Morgan fingerprint density at radius 3 is 2.33 bits per heavy atom. The van der Waals surface area contributed by atoms with Crippen LogP contribution in [0.25, 0.3) is 0 Å². The van der Waals surface area contributed by atoms with Crippen LogP contribution in [0, 0.1) is 0 Å². The molecule has 0 unspecified atom stereocenters. The maximum atomic E-state index is 11.3. The van der Waals surface area contributed by atoms with Gasteiger partial charge in [-0.15, -0.1) is 0 Å². The molecule has 0 saturated heterocycles. The van der Waals surface area contributed by atoms with Crippen molar-refractivity contribution in [3.63, 3.8) is 0 Å². The highest BCUT2D eigenvalue weighted by atomic mass is 35.7. The standard InChI is InChI=1S/C14H17ClO5S/c15-21(18,19)11-7-8-13(12(9-11)14(16)17)20-10-5-3-1-2-4-6-10/h7-10H,1-6H2,(H,16,17). The molecule has 0 aromatic heterocycles. The monoisotopic (exact) mass is 332 g/mol. The van der Waals surface area contributed by atoms with Crippen LogP contribution in [0.2, 0.25) is 0 Å². The fraction of sp³-hybridized carbons (Fsp3) is 0.500. The van der Waals surface area contributed by atoms with Gasteiger partial charge in [-0.3, -0.25) is 0 Å². The molecule has 0 heterocycles. The second-order valence-corrected chi connectivity index (χ2v) is 7.70. The Labute approximate surface area is 128 Å². The zero-order chi connectivity index (χ0) is 15.5. The summed E-state index contributed by atoms with van der Waals surface area (Å²) in [6.07, 6.45) is 6.18. The van der Waals surface area contributed by atoms with Gasteiger partial charge in [0.25, 0.3) is 9.05 Å². The van der Waals surface area contributed by atoms with Gasteiger partial charge in [-0.05, 0) is 43.9 Å². The molecule has 21 heavy (non-hydrogen) atoms. The highest BCUT2D eigenvalue weighted by Gasteiger charge is 2.21. The average Bonchev–Trinajstić information content (AvgIpc) is 2.66. The van der Waals surface area contributed by atoms with Gasteiger partial charge in [-0.2, -0.15) is 0 Å². The normalized spacial score (nSPS) is 17.2. The van der Waals surface area contributed by atoms with Crippen LogP contribution in [0.5, 0.6) is 5.75 Å². The van der Waals surface area contributed by atoms with Gasteiger partial charge >= 0.3 is 5.97 Å². The molecule has 0 aliphatic heterocycles. The topological polar surface area (TPSA) is 80.7 Å². The fourth-order valence-electron chi connectivity index (χ4n) is 2.47. The van der Waals surface area contributed by atoms with Crippen LogP contribution >= 0.6 is 10.7 Å². The van der Waals surface area contributed by atoms with Crippen LogP contribution in [-0.2, 0) is 9.05 Å². The third-order valence-corrected chi connectivity index (χ3v) is 4.91. The summed E-state index contributed by atoms with van der Waals surface area (Å²) < 4.78 is 28.3. The summed E-state index contributed by atoms with van der Waals surface area (Å²) in [5, 5.41) is 9.22. The zero-order valence-corrected chi connectivity index (χ0v) is 13.0. The third-order valence-electron chi connectivity index (χ3n) is 3.56. The number of carboxylic acid groups (broad SMARTS) is 1. The van der Waals surface area contributed by atoms with E-state index in [0.717, 1.165) is 44.6 Å². The van der Waals surface area contributed by atoms with Gasteiger partial charge in [-0.25, -0.2) is 13.2 Å². The largest absolute Gasteiger partial charge is 0.490 e. The number of halogens is 1. The van der Waals surface area contributed by atoms with E-state index in [1.807, 2.05) is 0 Å². The van der Waals surface area contributed by atoms with Gasteiger partial charge in [-0.1, -0.05) is 12.8 Å². The average molecular weight is 333 g/mol. The lowest BCUT2D eigenvalue weighted by Crippen LogP contribution is -2.17. The quantitative estimate of drug-likeness (QED) is 0.675. The first kappa shape index (κ1) is 16.1. The third kappa shape index (κ3) is 4.35. The number of aromatic carboxylic acids is 1. The lowest BCUT2D eigenvalue weighted by molar-refractivity contribution is 0.0687. The van der Waals surface area contributed by atoms with Crippen LogP contribution in [0.3, 0.4) is 0 Å². The molecule has 0 spiro atoms. The van der Waals surface area contributed by atoms with E-state index in [1.165, 1.54) is 12.1 Å². The molecule has 5 nitrogen and oxygen atoms in total. The summed E-state index contributed by atoms with van der Waals surface area (Å²) in [7, 11) is 1.28. The van der Waals surface area contributed by atoms with E-state index in [0.29, 0.717) is 0 Å². The van der Waals surface area contributed by atoms with Crippen LogP contribution in [-0.4, -0.2) is 25.6 Å². The van der Waals surface area contributed by atoms with Crippen LogP contribution < -0.4 is 4.74 Å². The molecule has 2 rings (SSSR count). The number of rotatable bonds is 4. The van der Waals surface area contributed by atoms with E-state index in [2.05, 4.69) is 0 Å². The van der Waals surface area contributed by atoms with Crippen molar-refractivity contribution < 1.29 is 23.1 Å². The van der Waals surface area contributed by atoms with Crippen molar-refractivity contribution in [1.29, 1.82) is 0 Å². The van der Waals surface area contributed by atoms with Crippen LogP contribution in [0.15, 0.2) is 23.1 Å². The molecule has 0 radical (unpaired) electrons. The zero-order valence-electron chi connectivity index (χ0n) is 11.4.